The van der Waals surface area contributed by atoms with Gasteiger partial charge in [0.25, 0.3) is 0 Å². The number of hydrogen-bond donors (Lipinski definition) is 2. The van der Waals surface area contributed by atoms with Gasteiger partial charge >= 0.3 is 0 Å². The number of aryl methyl sites for hydroxylation is 2. The Hall–Kier alpha value is -1.35. The summed E-state index contributed by atoms with van der Waals surface area (Å²) in [6.07, 6.45) is 6.28. The second-order valence-electron chi connectivity index (χ2n) is 4.98. The van der Waals surface area contributed by atoms with Crippen LogP contribution in [-0.4, -0.2) is 12.5 Å². The van der Waals surface area contributed by atoms with Crippen LogP contribution in [0, 0.1) is 0 Å². The summed E-state index contributed by atoms with van der Waals surface area (Å²) in [5.41, 5.74) is 9.54. The molecule has 0 aromatic heterocycles. The lowest BCUT2D eigenvalue weighted by atomic mass is 9.90. The van der Waals surface area contributed by atoms with Gasteiger partial charge in [-0.25, -0.2) is 0 Å². The molecule has 98 valence electrons. The maximum Gasteiger partial charge on any atom is 0.220 e. The molecule has 0 saturated heterocycles. The highest BCUT2D eigenvalue weighted by Gasteiger charge is 2.09. The summed E-state index contributed by atoms with van der Waals surface area (Å²) in [4.78, 5) is 11.5. The van der Waals surface area contributed by atoms with E-state index in [1.807, 2.05) is 0 Å². The first kappa shape index (κ1) is 13.1. The Bertz CT molecular complexity index is 415. The number of benzene rings is 1. The van der Waals surface area contributed by atoms with E-state index in [4.69, 9.17) is 5.73 Å². The van der Waals surface area contributed by atoms with Gasteiger partial charge in [0.15, 0.2) is 0 Å². The van der Waals surface area contributed by atoms with Gasteiger partial charge < -0.3 is 11.1 Å². The Morgan fingerprint density at radius 3 is 2.78 bits per heavy atom. The zero-order chi connectivity index (χ0) is 12.8. The lowest BCUT2D eigenvalue weighted by Gasteiger charge is -2.16. The number of hydrogen-bond acceptors (Lipinski definition) is 2. The molecule has 3 N–H and O–H groups in total. The second-order valence-corrected chi connectivity index (χ2v) is 4.98. The molecule has 1 amide bonds. The molecule has 0 saturated carbocycles. The smallest absolute Gasteiger partial charge is 0.220 e. The fraction of sp³-hybridized carbons (Fsp3) is 0.533. The Labute approximate surface area is 109 Å². The fourth-order valence-corrected chi connectivity index (χ4v) is 2.45. The third-order valence-electron chi connectivity index (χ3n) is 3.51. The van der Waals surface area contributed by atoms with E-state index in [0.29, 0.717) is 19.5 Å². The molecule has 1 aliphatic rings. The van der Waals surface area contributed by atoms with Crippen molar-refractivity contribution in [3.63, 3.8) is 0 Å². The molecule has 0 fully saturated rings. The van der Waals surface area contributed by atoms with Gasteiger partial charge in [-0.15, -0.1) is 0 Å². The third kappa shape index (κ3) is 3.57. The van der Waals surface area contributed by atoms with Crippen molar-refractivity contribution in [3.8, 4) is 0 Å². The Morgan fingerprint density at radius 1 is 1.22 bits per heavy atom. The number of nitrogens with two attached hydrogens (primary N) is 1. The van der Waals surface area contributed by atoms with Crippen molar-refractivity contribution in [2.45, 2.75) is 45.1 Å². The summed E-state index contributed by atoms with van der Waals surface area (Å²) in [6.45, 7) is 1.21. The molecule has 0 bridgehead atoms. The molecule has 0 aliphatic heterocycles. The van der Waals surface area contributed by atoms with E-state index in [0.717, 1.165) is 6.42 Å². The van der Waals surface area contributed by atoms with E-state index in [2.05, 4.69) is 23.5 Å². The number of carbonyl (C=O) groups excluding carboxylic acids is 1. The van der Waals surface area contributed by atoms with Gasteiger partial charge in [0.2, 0.25) is 5.91 Å². The number of rotatable bonds is 5. The summed E-state index contributed by atoms with van der Waals surface area (Å²) >= 11 is 0. The number of amides is 1. The molecule has 0 radical (unpaired) electrons. The van der Waals surface area contributed by atoms with E-state index < -0.39 is 0 Å². The molecule has 1 aromatic rings. The predicted molar refractivity (Wildman–Crippen MR) is 73.2 cm³/mol. The third-order valence-corrected chi connectivity index (χ3v) is 3.51. The lowest BCUT2D eigenvalue weighted by Crippen LogP contribution is -2.23. The molecular formula is C15H22N2O. The van der Waals surface area contributed by atoms with Crippen LogP contribution in [0.5, 0.6) is 0 Å². The minimum Gasteiger partial charge on any atom is -0.352 e. The molecule has 2 rings (SSSR count). The average molecular weight is 246 g/mol. The van der Waals surface area contributed by atoms with Gasteiger partial charge in [-0.3, -0.25) is 4.79 Å². The molecule has 0 spiro atoms. The molecule has 3 heteroatoms. The standard InChI is InChI=1S/C15H22N2O/c16-9-3-6-15(18)17-11-12-7-8-13-4-1-2-5-14(13)10-12/h7-8,10H,1-6,9,11,16H2,(H,17,18). The van der Waals surface area contributed by atoms with Crippen LogP contribution in [0.25, 0.3) is 0 Å². The van der Waals surface area contributed by atoms with Crippen molar-refractivity contribution in [3.05, 3.63) is 34.9 Å². The highest BCUT2D eigenvalue weighted by molar-refractivity contribution is 5.75. The van der Waals surface area contributed by atoms with Crippen LogP contribution in [0.4, 0.5) is 0 Å². The Morgan fingerprint density at radius 2 is 2.00 bits per heavy atom. The van der Waals surface area contributed by atoms with Gasteiger partial charge in [-0.1, -0.05) is 18.2 Å². The summed E-state index contributed by atoms with van der Waals surface area (Å²) in [5.74, 6) is 0.0955. The van der Waals surface area contributed by atoms with Crippen LogP contribution in [-0.2, 0) is 24.2 Å². The summed E-state index contributed by atoms with van der Waals surface area (Å²) in [6, 6.07) is 6.60. The van der Waals surface area contributed by atoms with Crippen LogP contribution in [0.3, 0.4) is 0 Å². The van der Waals surface area contributed by atoms with Gasteiger partial charge in [0.1, 0.15) is 0 Å². The molecule has 0 atom stereocenters. The number of carbonyl (C=O) groups is 1. The quantitative estimate of drug-likeness (QED) is 0.834. The van der Waals surface area contributed by atoms with Crippen molar-refractivity contribution < 1.29 is 4.79 Å². The second kappa shape index (κ2) is 6.55. The van der Waals surface area contributed by atoms with Crippen molar-refractivity contribution in [1.82, 2.24) is 5.32 Å². The van der Waals surface area contributed by atoms with Crippen molar-refractivity contribution in [2.24, 2.45) is 5.73 Å². The number of fused-ring (bicyclic) bond motifs is 1. The summed E-state index contributed by atoms with van der Waals surface area (Å²) in [7, 11) is 0. The highest BCUT2D eigenvalue weighted by Crippen LogP contribution is 2.22. The summed E-state index contributed by atoms with van der Waals surface area (Å²) in [5, 5.41) is 2.95. The Kier molecular flexibility index (Phi) is 4.76. The van der Waals surface area contributed by atoms with Crippen molar-refractivity contribution in [2.75, 3.05) is 6.54 Å². The predicted octanol–water partition coefficient (Wildman–Crippen LogP) is 1.92. The molecule has 18 heavy (non-hydrogen) atoms. The van der Waals surface area contributed by atoms with Gasteiger partial charge in [-0.05, 0) is 55.3 Å². The maximum atomic E-state index is 11.5. The van der Waals surface area contributed by atoms with Crippen LogP contribution in [0.15, 0.2) is 18.2 Å². The van der Waals surface area contributed by atoms with Crippen LogP contribution >= 0.6 is 0 Å². The van der Waals surface area contributed by atoms with E-state index in [1.54, 1.807) is 0 Å². The SMILES string of the molecule is NCCCC(=O)NCc1ccc2c(c1)CCCC2. The monoisotopic (exact) mass is 246 g/mol. The van der Waals surface area contributed by atoms with Gasteiger partial charge in [-0.2, -0.15) is 0 Å². The maximum absolute atomic E-state index is 11.5. The molecule has 1 aliphatic carbocycles. The molecule has 0 unspecified atom stereocenters. The molecule has 1 aromatic carbocycles. The van der Waals surface area contributed by atoms with E-state index >= 15 is 0 Å². The first-order chi connectivity index (χ1) is 8.79. The van der Waals surface area contributed by atoms with E-state index in [1.165, 1.54) is 42.4 Å². The van der Waals surface area contributed by atoms with Crippen molar-refractivity contribution in [1.29, 1.82) is 0 Å². The fourth-order valence-electron chi connectivity index (χ4n) is 2.45. The van der Waals surface area contributed by atoms with E-state index in [9.17, 15) is 4.79 Å². The lowest BCUT2D eigenvalue weighted by molar-refractivity contribution is -0.121. The Balaban J connectivity index is 1.88. The molecule has 0 heterocycles. The zero-order valence-electron chi connectivity index (χ0n) is 10.9. The normalized spacial score (nSPS) is 14.1. The van der Waals surface area contributed by atoms with Crippen LogP contribution < -0.4 is 11.1 Å². The minimum absolute atomic E-state index is 0.0955. The first-order valence-corrected chi connectivity index (χ1v) is 6.87. The van der Waals surface area contributed by atoms with Crippen LogP contribution in [0.1, 0.15) is 42.4 Å². The van der Waals surface area contributed by atoms with Crippen LogP contribution in [0.2, 0.25) is 0 Å². The van der Waals surface area contributed by atoms with E-state index in [-0.39, 0.29) is 5.91 Å². The average Bonchev–Trinajstić information content (AvgIpc) is 2.42. The highest BCUT2D eigenvalue weighted by atomic mass is 16.1. The molecular weight excluding hydrogens is 224 g/mol. The van der Waals surface area contributed by atoms with Gasteiger partial charge in [0, 0.05) is 13.0 Å². The topological polar surface area (TPSA) is 55.1 Å². The minimum atomic E-state index is 0.0955. The number of nitrogens with one attached hydrogen (secondary N) is 1. The zero-order valence-corrected chi connectivity index (χ0v) is 10.9. The van der Waals surface area contributed by atoms with Gasteiger partial charge in [0.05, 0.1) is 0 Å². The summed E-state index contributed by atoms with van der Waals surface area (Å²) < 4.78 is 0. The molecule has 3 nitrogen and oxygen atoms in total. The first-order valence-electron chi connectivity index (χ1n) is 6.87. The largest absolute Gasteiger partial charge is 0.352 e. The van der Waals surface area contributed by atoms with Crippen molar-refractivity contribution >= 4 is 5.91 Å².